The summed E-state index contributed by atoms with van der Waals surface area (Å²) in [6.07, 6.45) is 1.22. The molecule has 0 fully saturated rings. The fourth-order valence-corrected chi connectivity index (χ4v) is 1.63. The number of nitrogens with one attached hydrogen (secondary N) is 1. The van der Waals surface area contributed by atoms with Crippen LogP contribution in [0, 0.1) is 0 Å². The molecule has 1 N–H and O–H groups in total. The molecule has 100 valence electrons. The van der Waals surface area contributed by atoms with Crippen LogP contribution in [0.5, 0.6) is 0 Å². The van der Waals surface area contributed by atoms with Crippen LogP contribution in [0.3, 0.4) is 0 Å². The molecule has 1 heterocycles. The molecule has 0 aliphatic heterocycles. The van der Waals surface area contributed by atoms with Gasteiger partial charge < -0.3 is 14.5 Å². The molecule has 1 aromatic carbocycles. The second-order valence-electron chi connectivity index (χ2n) is 3.51. The Bertz CT molecular complexity index is 598. The van der Waals surface area contributed by atoms with Crippen LogP contribution < -0.4 is 5.32 Å². The van der Waals surface area contributed by atoms with Crippen LogP contribution in [0.25, 0.3) is 0 Å². The molecule has 2 aromatic rings. The first-order valence-corrected chi connectivity index (χ1v) is 6.20. The van der Waals surface area contributed by atoms with Gasteiger partial charge in [0.2, 0.25) is 0 Å². The van der Waals surface area contributed by atoms with Crippen molar-refractivity contribution in [1.29, 1.82) is 0 Å². The lowest BCUT2D eigenvalue weighted by Crippen LogP contribution is -2.04. The average molecular weight is 301 g/mol. The number of nitrogens with zero attached hydrogens (tertiary/aromatic N) is 1. The van der Waals surface area contributed by atoms with Gasteiger partial charge in [-0.2, -0.15) is 4.98 Å². The Morgan fingerprint density at radius 1 is 1.42 bits per heavy atom. The van der Waals surface area contributed by atoms with Crippen molar-refractivity contribution in [3.8, 4) is 0 Å². The number of oxazole rings is 1. The molecule has 1 aromatic heterocycles. The smallest absolute Gasteiger partial charge is 0.360 e. The summed E-state index contributed by atoms with van der Waals surface area (Å²) in [5.41, 5.74) is 0.746. The molecule has 2 rings (SSSR count). The molecule has 0 atom stereocenters. The van der Waals surface area contributed by atoms with E-state index in [1.807, 2.05) is 0 Å². The van der Waals surface area contributed by atoms with E-state index in [1.54, 1.807) is 25.1 Å². The van der Waals surface area contributed by atoms with Crippen molar-refractivity contribution in [2.24, 2.45) is 0 Å². The van der Waals surface area contributed by atoms with Crippen molar-refractivity contribution in [3.63, 3.8) is 0 Å². The molecular formula is C12H10Cl2N2O3. The highest BCUT2D eigenvalue weighted by molar-refractivity contribution is 6.42. The first-order chi connectivity index (χ1) is 9.10. The number of aromatic nitrogens is 1. The van der Waals surface area contributed by atoms with E-state index in [-0.39, 0.29) is 18.3 Å². The summed E-state index contributed by atoms with van der Waals surface area (Å²) in [6, 6.07) is 5.14. The van der Waals surface area contributed by atoms with Gasteiger partial charge in [-0.15, -0.1) is 0 Å². The van der Waals surface area contributed by atoms with E-state index in [4.69, 9.17) is 32.4 Å². The van der Waals surface area contributed by atoms with Crippen molar-refractivity contribution < 1.29 is 13.9 Å². The van der Waals surface area contributed by atoms with Crippen molar-refractivity contribution in [2.75, 3.05) is 11.9 Å². The number of hydrogen-bond donors (Lipinski definition) is 1. The highest BCUT2D eigenvalue weighted by atomic mass is 35.5. The number of rotatable bonds is 4. The van der Waals surface area contributed by atoms with Crippen molar-refractivity contribution in [2.45, 2.75) is 6.92 Å². The zero-order valence-electron chi connectivity index (χ0n) is 9.94. The third-order valence-corrected chi connectivity index (χ3v) is 2.90. The van der Waals surface area contributed by atoms with Gasteiger partial charge in [-0.05, 0) is 25.1 Å². The van der Waals surface area contributed by atoms with Crippen LogP contribution in [-0.2, 0) is 4.74 Å². The quantitative estimate of drug-likeness (QED) is 0.868. The number of hydrogen-bond acceptors (Lipinski definition) is 5. The molecule has 5 nitrogen and oxygen atoms in total. The second kappa shape index (κ2) is 5.95. The maximum atomic E-state index is 11.4. The lowest BCUT2D eigenvalue weighted by atomic mass is 10.3. The van der Waals surface area contributed by atoms with Gasteiger partial charge in [0.15, 0.2) is 5.69 Å². The molecule has 0 saturated carbocycles. The van der Waals surface area contributed by atoms with E-state index in [0.717, 1.165) is 0 Å². The Kier molecular flexibility index (Phi) is 4.29. The van der Waals surface area contributed by atoms with Gasteiger partial charge in [-0.25, -0.2) is 4.79 Å². The maximum Gasteiger partial charge on any atom is 0.360 e. The average Bonchev–Trinajstić information content (AvgIpc) is 2.83. The number of esters is 1. The first-order valence-electron chi connectivity index (χ1n) is 5.45. The maximum absolute atomic E-state index is 11.4. The van der Waals surface area contributed by atoms with Gasteiger partial charge in [0, 0.05) is 5.69 Å². The van der Waals surface area contributed by atoms with Crippen LogP contribution in [0.4, 0.5) is 11.7 Å². The van der Waals surface area contributed by atoms with Gasteiger partial charge >= 0.3 is 5.97 Å². The Balaban J connectivity index is 2.11. The standard InChI is InChI=1S/C12H10Cl2N2O3/c1-2-18-11(17)10-6-19-12(16-10)15-7-3-4-8(13)9(14)5-7/h3-6H,2H2,1H3,(H,15,16). The van der Waals surface area contributed by atoms with Crippen LogP contribution in [0.2, 0.25) is 10.0 Å². The fraction of sp³-hybridized carbons (Fsp3) is 0.167. The minimum Gasteiger partial charge on any atom is -0.461 e. The van der Waals surface area contributed by atoms with E-state index in [9.17, 15) is 4.79 Å². The number of carbonyl (C=O) groups excluding carboxylic acids is 1. The lowest BCUT2D eigenvalue weighted by molar-refractivity contribution is 0.0519. The SMILES string of the molecule is CCOC(=O)c1coc(Nc2ccc(Cl)c(Cl)c2)n1. The Morgan fingerprint density at radius 3 is 2.89 bits per heavy atom. The van der Waals surface area contributed by atoms with Crippen LogP contribution in [0.15, 0.2) is 28.9 Å². The van der Waals surface area contributed by atoms with E-state index < -0.39 is 5.97 Å². The van der Waals surface area contributed by atoms with Gasteiger partial charge in [0.05, 0.1) is 16.7 Å². The molecular weight excluding hydrogens is 291 g/mol. The van der Waals surface area contributed by atoms with Crippen molar-refractivity contribution >= 4 is 40.9 Å². The highest BCUT2D eigenvalue weighted by Gasteiger charge is 2.13. The summed E-state index contributed by atoms with van der Waals surface area (Å²) in [7, 11) is 0. The summed E-state index contributed by atoms with van der Waals surface area (Å²) in [5, 5.41) is 3.72. The van der Waals surface area contributed by atoms with Gasteiger partial charge in [-0.3, -0.25) is 0 Å². The molecule has 0 aliphatic carbocycles. The molecule has 0 aliphatic rings. The summed E-state index contributed by atoms with van der Waals surface area (Å²) in [5.74, 6) is -0.534. The van der Waals surface area contributed by atoms with Gasteiger partial charge in [0.25, 0.3) is 6.01 Å². The Labute approximate surface area is 119 Å². The monoisotopic (exact) mass is 300 g/mol. The molecule has 19 heavy (non-hydrogen) atoms. The van der Waals surface area contributed by atoms with Crippen LogP contribution in [0.1, 0.15) is 17.4 Å². The molecule has 0 spiro atoms. The predicted molar refractivity (Wildman–Crippen MR) is 72.2 cm³/mol. The number of carbonyl (C=O) groups is 1. The molecule has 0 bridgehead atoms. The normalized spacial score (nSPS) is 10.3. The van der Waals surface area contributed by atoms with E-state index in [2.05, 4.69) is 10.3 Å². The highest BCUT2D eigenvalue weighted by Crippen LogP contribution is 2.26. The zero-order valence-corrected chi connectivity index (χ0v) is 11.5. The summed E-state index contributed by atoms with van der Waals surface area (Å²) in [4.78, 5) is 15.3. The third kappa shape index (κ3) is 3.39. The van der Waals surface area contributed by atoms with Crippen molar-refractivity contribution in [1.82, 2.24) is 4.98 Å². The van der Waals surface area contributed by atoms with Crippen LogP contribution in [-0.4, -0.2) is 17.6 Å². The fourth-order valence-electron chi connectivity index (χ4n) is 1.33. The third-order valence-electron chi connectivity index (χ3n) is 2.16. The molecule has 0 saturated heterocycles. The van der Waals surface area contributed by atoms with E-state index in [0.29, 0.717) is 15.7 Å². The summed E-state index contributed by atoms with van der Waals surface area (Å²) >= 11 is 11.7. The lowest BCUT2D eigenvalue weighted by Gasteiger charge is -2.02. The predicted octanol–water partition coefficient (Wildman–Crippen LogP) is 3.90. The number of anilines is 2. The van der Waals surface area contributed by atoms with Gasteiger partial charge in [-0.1, -0.05) is 23.2 Å². The second-order valence-corrected chi connectivity index (χ2v) is 4.33. The first kappa shape index (κ1) is 13.7. The number of benzene rings is 1. The zero-order chi connectivity index (χ0) is 13.8. The summed E-state index contributed by atoms with van der Waals surface area (Å²) in [6.45, 7) is 1.99. The van der Waals surface area contributed by atoms with Crippen molar-refractivity contribution in [3.05, 3.63) is 40.2 Å². The Hall–Kier alpha value is -1.72. The molecule has 0 unspecified atom stereocenters. The summed E-state index contributed by atoms with van der Waals surface area (Å²) < 4.78 is 9.91. The van der Waals surface area contributed by atoms with Crippen LogP contribution >= 0.6 is 23.2 Å². The Morgan fingerprint density at radius 2 is 2.21 bits per heavy atom. The molecule has 7 heteroatoms. The topological polar surface area (TPSA) is 64.4 Å². The number of halogens is 2. The minimum atomic E-state index is -0.534. The molecule has 0 radical (unpaired) electrons. The molecule has 0 amide bonds. The van der Waals surface area contributed by atoms with E-state index >= 15 is 0 Å². The minimum absolute atomic E-state index is 0.101. The largest absolute Gasteiger partial charge is 0.461 e. The number of ether oxygens (including phenoxy) is 1. The van der Waals surface area contributed by atoms with E-state index in [1.165, 1.54) is 6.26 Å². The van der Waals surface area contributed by atoms with Gasteiger partial charge in [0.1, 0.15) is 6.26 Å².